The van der Waals surface area contributed by atoms with Gasteiger partial charge in [-0.2, -0.15) is 0 Å². The molecule has 8 unspecified atom stereocenters. The van der Waals surface area contributed by atoms with Crippen LogP contribution in [0.5, 0.6) is 0 Å². The SMILES string of the molecule is C/C=C/CC/C=C/CC/C=C/C(O)C(COP(=O)(O)OC1C(O)C(O)C(O)C(O)C1O)NC(=O)CC(O)CCCCCCCCCCCCCCCCC/C=C\C/C=C\CCCCCCCCCCCCC. The summed E-state index contributed by atoms with van der Waals surface area (Å²) >= 11 is 0. The van der Waals surface area contributed by atoms with Gasteiger partial charge < -0.3 is 46.0 Å². The maximum Gasteiger partial charge on any atom is 0.472 e. The van der Waals surface area contributed by atoms with Crippen LogP contribution in [0.3, 0.4) is 0 Å². The number of aliphatic hydroxyl groups excluding tert-OH is 7. The molecule has 0 radical (unpaired) electrons. The van der Waals surface area contributed by atoms with E-state index < -0.39 is 75.2 Å². The fourth-order valence-corrected chi connectivity index (χ4v) is 9.98. The molecule has 420 valence electrons. The highest BCUT2D eigenvalue weighted by Gasteiger charge is 2.51. The van der Waals surface area contributed by atoms with Crippen LogP contribution < -0.4 is 5.32 Å². The van der Waals surface area contributed by atoms with E-state index >= 15 is 0 Å². The predicted octanol–water partition coefficient (Wildman–Crippen LogP) is 12.0. The van der Waals surface area contributed by atoms with Crippen molar-refractivity contribution in [2.45, 2.75) is 293 Å². The first-order chi connectivity index (χ1) is 34.8. The fourth-order valence-electron chi connectivity index (χ4n) is 9.02. The van der Waals surface area contributed by atoms with Crippen LogP contribution >= 0.6 is 7.82 Å². The lowest BCUT2D eigenvalue weighted by Crippen LogP contribution is -2.64. The zero-order chi connectivity index (χ0) is 52.9. The smallest absolute Gasteiger partial charge is 0.393 e. The Kier molecular flexibility index (Phi) is 43.8. The molecule has 0 bridgehead atoms. The lowest BCUT2D eigenvalue weighted by atomic mass is 9.85. The molecule has 0 aromatic rings. The van der Waals surface area contributed by atoms with Gasteiger partial charge in [-0.1, -0.05) is 222 Å². The molecule has 0 aromatic carbocycles. The number of phosphoric acid groups is 1. The molecule has 72 heavy (non-hydrogen) atoms. The Balaban J connectivity index is 2.20. The Morgan fingerprint density at radius 3 is 1.38 bits per heavy atom. The predicted molar refractivity (Wildman–Crippen MR) is 293 cm³/mol. The van der Waals surface area contributed by atoms with Crippen LogP contribution in [0.2, 0.25) is 0 Å². The molecule has 1 aliphatic carbocycles. The molecule has 1 aliphatic rings. The molecule has 13 nitrogen and oxygen atoms in total. The molecule has 1 rings (SSSR count). The third kappa shape index (κ3) is 36.9. The van der Waals surface area contributed by atoms with Gasteiger partial charge in [0.15, 0.2) is 0 Å². The van der Waals surface area contributed by atoms with Gasteiger partial charge >= 0.3 is 7.82 Å². The molecule has 0 saturated heterocycles. The molecule has 9 N–H and O–H groups in total. The maximum absolute atomic E-state index is 13.0. The number of hydrogen-bond donors (Lipinski definition) is 9. The van der Waals surface area contributed by atoms with Gasteiger partial charge in [-0.3, -0.25) is 13.8 Å². The zero-order valence-electron chi connectivity index (χ0n) is 45.1. The van der Waals surface area contributed by atoms with Gasteiger partial charge in [0.25, 0.3) is 0 Å². The summed E-state index contributed by atoms with van der Waals surface area (Å²) in [6.07, 6.45) is 46.8. The number of nitrogens with one attached hydrogen (secondary N) is 1. The number of allylic oxidation sites excluding steroid dienone is 9. The molecule has 1 saturated carbocycles. The van der Waals surface area contributed by atoms with Gasteiger partial charge in [-0.15, -0.1) is 0 Å². The summed E-state index contributed by atoms with van der Waals surface area (Å²) in [5.74, 6) is -0.610. The molecular weight excluding hydrogens is 934 g/mol. The van der Waals surface area contributed by atoms with Gasteiger partial charge in [0.05, 0.1) is 31.3 Å². The third-order valence-corrected chi connectivity index (χ3v) is 14.6. The topological polar surface area (TPSA) is 226 Å². The van der Waals surface area contributed by atoms with Crippen LogP contribution in [-0.4, -0.2) is 108 Å². The number of hydrogen-bond acceptors (Lipinski definition) is 11. The van der Waals surface area contributed by atoms with Gasteiger partial charge in [-0.25, -0.2) is 4.57 Å². The molecular formula is C58H106NO12P. The quantitative estimate of drug-likeness (QED) is 0.0158. The number of carbonyl (C=O) groups excluding carboxylic acids is 1. The van der Waals surface area contributed by atoms with Gasteiger partial charge in [0.1, 0.15) is 36.6 Å². The largest absolute Gasteiger partial charge is 0.472 e. The summed E-state index contributed by atoms with van der Waals surface area (Å²) in [4.78, 5) is 23.4. The number of rotatable bonds is 48. The molecule has 0 aromatic heterocycles. The highest BCUT2D eigenvalue weighted by Crippen LogP contribution is 2.47. The summed E-state index contributed by atoms with van der Waals surface area (Å²) in [7, 11) is -5.15. The minimum Gasteiger partial charge on any atom is -0.393 e. The van der Waals surface area contributed by atoms with Crippen molar-refractivity contribution in [2.24, 2.45) is 0 Å². The normalized spacial score (nSPS) is 22.0. The number of carbonyl (C=O) groups is 1. The highest BCUT2D eigenvalue weighted by atomic mass is 31.2. The van der Waals surface area contributed by atoms with Crippen LogP contribution in [0.25, 0.3) is 0 Å². The molecule has 14 heteroatoms. The summed E-state index contributed by atoms with van der Waals surface area (Å²) in [6, 6.07) is -1.26. The van der Waals surface area contributed by atoms with E-state index in [-0.39, 0.29) is 6.42 Å². The number of amides is 1. The van der Waals surface area contributed by atoms with E-state index in [1.54, 1.807) is 6.08 Å². The van der Waals surface area contributed by atoms with Crippen LogP contribution in [0.4, 0.5) is 0 Å². The summed E-state index contributed by atoms with van der Waals surface area (Å²) in [5.41, 5.74) is 0. The number of unbranched alkanes of at least 4 members (excludes halogenated alkanes) is 28. The van der Waals surface area contributed by atoms with Crippen molar-refractivity contribution in [3.8, 4) is 0 Å². The summed E-state index contributed by atoms with van der Waals surface area (Å²) in [6.45, 7) is 3.49. The first kappa shape index (κ1) is 68.0. The van der Waals surface area contributed by atoms with Gasteiger partial charge in [-0.05, 0) is 71.1 Å². The van der Waals surface area contributed by atoms with Crippen LogP contribution in [0.1, 0.15) is 239 Å². The van der Waals surface area contributed by atoms with E-state index in [0.29, 0.717) is 19.3 Å². The number of phosphoric ester groups is 1. The van der Waals surface area contributed by atoms with Crippen molar-refractivity contribution in [3.63, 3.8) is 0 Å². The lowest BCUT2D eigenvalue weighted by Gasteiger charge is -2.41. The Hall–Kier alpha value is -2.00. The minimum absolute atomic E-state index is 0.258. The monoisotopic (exact) mass is 1040 g/mol. The van der Waals surface area contributed by atoms with Crippen molar-refractivity contribution in [1.29, 1.82) is 0 Å². The Morgan fingerprint density at radius 1 is 0.528 bits per heavy atom. The van der Waals surface area contributed by atoms with Crippen molar-refractivity contribution in [3.05, 3.63) is 60.8 Å². The number of aliphatic hydroxyl groups is 7. The molecule has 0 spiro atoms. The Bertz CT molecular complexity index is 1460. The second-order valence-corrected chi connectivity index (χ2v) is 21.7. The van der Waals surface area contributed by atoms with E-state index in [4.69, 9.17) is 9.05 Å². The van der Waals surface area contributed by atoms with Crippen molar-refractivity contribution in [1.82, 2.24) is 5.32 Å². The first-order valence-electron chi connectivity index (χ1n) is 28.8. The Morgan fingerprint density at radius 2 is 0.917 bits per heavy atom. The average Bonchev–Trinajstić information content (AvgIpc) is 3.36. The van der Waals surface area contributed by atoms with Crippen molar-refractivity contribution < 1.29 is 59.0 Å². The van der Waals surface area contributed by atoms with Crippen molar-refractivity contribution >= 4 is 13.7 Å². The van der Waals surface area contributed by atoms with Crippen LogP contribution in [0, 0.1) is 0 Å². The molecule has 0 heterocycles. The fraction of sp³-hybridized carbons (Fsp3) is 0.810. The molecule has 1 amide bonds. The Labute approximate surface area is 437 Å². The van der Waals surface area contributed by atoms with E-state index in [2.05, 4.69) is 48.7 Å². The third-order valence-electron chi connectivity index (χ3n) is 13.6. The van der Waals surface area contributed by atoms with Gasteiger partial charge in [0, 0.05) is 0 Å². The minimum atomic E-state index is -5.15. The maximum atomic E-state index is 13.0. The van der Waals surface area contributed by atoms with E-state index in [9.17, 15) is 50.0 Å². The van der Waals surface area contributed by atoms with E-state index in [1.165, 1.54) is 160 Å². The van der Waals surface area contributed by atoms with Crippen LogP contribution in [0.15, 0.2) is 60.8 Å². The first-order valence-corrected chi connectivity index (χ1v) is 30.3. The second-order valence-electron chi connectivity index (χ2n) is 20.3. The van der Waals surface area contributed by atoms with Crippen molar-refractivity contribution in [2.75, 3.05) is 6.61 Å². The molecule has 1 fully saturated rings. The van der Waals surface area contributed by atoms with E-state index in [1.807, 2.05) is 19.1 Å². The summed E-state index contributed by atoms with van der Waals surface area (Å²) in [5, 5.41) is 74.5. The van der Waals surface area contributed by atoms with E-state index in [0.717, 1.165) is 44.9 Å². The summed E-state index contributed by atoms with van der Waals surface area (Å²) < 4.78 is 22.8. The second kappa shape index (κ2) is 46.3. The molecule has 8 atom stereocenters. The van der Waals surface area contributed by atoms with Crippen LogP contribution in [-0.2, 0) is 18.4 Å². The standard InChI is InChI=1S/C58H106NO12P/c1-3-5-7-9-11-13-14-15-16-17-18-19-20-21-22-23-24-25-26-27-28-29-30-31-32-33-34-35-36-38-39-41-43-45-49(60)47-52(62)59-50(51(61)46-44-42-40-37-12-10-8-6-4-2)48-70-72(68,69)71-58-56(66)54(64)53(63)55(65)57(58)67/h4,6,12,20-21,23-24,37,44,46,49-51,53-58,60-61,63-67H,3,5,7-11,13-19,22,25-36,38-43,45,47-48H2,1-2H3,(H,59,62)(H,68,69)/b6-4+,21-20-,24-23-,37-12+,46-44+. The highest BCUT2D eigenvalue weighted by molar-refractivity contribution is 7.47. The molecule has 0 aliphatic heterocycles. The average molecular weight is 1040 g/mol. The lowest BCUT2D eigenvalue weighted by molar-refractivity contribution is -0.220. The van der Waals surface area contributed by atoms with Gasteiger partial charge in [0.2, 0.25) is 5.91 Å². The zero-order valence-corrected chi connectivity index (χ0v) is 46.0.